The van der Waals surface area contributed by atoms with E-state index in [-0.39, 0.29) is 23.9 Å². The molecule has 0 radical (unpaired) electrons. The van der Waals surface area contributed by atoms with Crippen molar-refractivity contribution in [1.29, 1.82) is 0 Å². The highest BCUT2D eigenvalue weighted by molar-refractivity contribution is 9.10. The molecule has 2 aliphatic heterocycles. The minimum absolute atomic E-state index is 0.0149. The number of carbonyl (C=O) groups excluding carboxylic acids is 2. The molecule has 1 aromatic rings. The highest BCUT2D eigenvalue weighted by Crippen LogP contribution is 2.45. The molecule has 1 saturated heterocycles. The molecule has 30 heavy (non-hydrogen) atoms. The van der Waals surface area contributed by atoms with Crippen LogP contribution in [-0.2, 0) is 9.53 Å². The molecule has 1 aliphatic carbocycles. The van der Waals surface area contributed by atoms with Gasteiger partial charge in [0.1, 0.15) is 6.04 Å². The molecule has 7 heteroatoms. The number of halogens is 1. The van der Waals surface area contributed by atoms with E-state index in [2.05, 4.69) is 33.4 Å². The van der Waals surface area contributed by atoms with E-state index >= 15 is 0 Å². The first-order chi connectivity index (χ1) is 14.4. The van der Waals surface area contributed by atoms with E-state index < -0.39 is 12.1 Å². The number of likely N-dealkylation sites (tertiary alicyclic amines) is 1. The van der Waals surface area contributed by atoms with Gasteiger partial charge in [-0.05, 0) is 54.4 Å². The van der Waals surface area contributed by atoms with Crippen LogP contribution in [0, 0.1) is 11.8 Å². The zero-order valence-corrected chi connectivity index (χ0v) is 19.2. The molecular formula is C23H28BrN3O3. The van der Waals surface area contributed by atoms with Gasteiger partial charge >= 0.3 is 6.09 Å². The standard InChI is InChI=1S/C23H28BrN3O3/c1-13(2)20(26-23(29)30-3)22(28)27-18-9-6-15(10-18)21(27)19-11-16(12-25-19)14-4-7-17(24)8-5-14/h4-5,7-8,12-13,15,18,20-21H,6,9-11H2,1-3H3,(H,26,29)/t15-,18+,20-,21-/m0/s1. The zero-order chi connectivity index (χ0) is 21.4. The minimum Gasteiger partial charge on any atom is -0.453 e. The quantitative estimate of drug-likeness (QED) is 0.688. The number of nitrogens with one attached hydrogen (secondary N) is 1. The van der Waals surface area contributed by atoms with Crippen molar-refractivity contribution in [3.05, 3.63) is 40.5 Å². The molecule has 160 valence electrons. The number of benzene rings is 1. The van der Waals surface area contributed by atoms with Crippen LogP contribution >= 0.6 is 15.9 Å². The van der Waals surface area contributed by atoms with Crippen molar-refractivity contribution < 1.29 is 14.3 Å². The third kappa shape index (κ3) is 3.92. The lowest BCUT2D eigenvalue weighted by Gasteiger charge is -2.38. The summed E-state index contributed by atoms with van der Waals surface area (Å²) in [5.41, 5.74) is 3.40. The Kier molecular flexibility index (Phi) is 6.00. The number of ether oxygens (including phenoxy) is 1. The monoisotopic (exact) mass is 473 g/mol. The Labute approximate surface area is 185 Å². The lowest BCUT2D eigenvalue weighted by molar-refractivity contribution is -0.137. The maximum Gasteiger partial charge on any atom is 0.407 e. The number of amides is 2. The number of rotatable bonds is 5. The largest absolute Gasteiger partial charge is 0.453 e. The van der Waals surface area contributed by atoms with Gasteiger partial charge in [0, 0.05) is 28.8 Å². The van der Waals surface area contributed by atoms with Crippen LogP contribution in [0.4, 0.5) is 4.79 Å². The fourth-order valence-electron chi connectivity index (χ4n) is 5.06. The lowest BCUT2D eigenvalue weighted by atomic mass is 9.89. The molecule has 0 spiro atoms. The SMILES string of the molecule is COC(=O)N[C@H](C(=O)N1[C@@H]2CC[C@@H](C2)[C@H]1C1=NC=C(c2ccc(Br)cc2)C1)C(C)C. The summed E-state index contributed by atoms with van der Waals surface area (Å²) in [6.45, 7) is 3.89. The first kappa shape index (κ1) is 21.1. The number of hydrogen-bond acceptors (Lipinski definition) is 4. The molecular weight excluding hydrogens is 446 g/mol. The van der Waals surface area contributed by atoms with Crippen LogP contribution in [0.2, 0.25) is 0 Å². The van der Waals surface area contributed by atoms with Crippen LogP contribution in [0.1, 0.15) is 45.1 Å². The highest BCUT2D eigenvalue weighted by Gasteiger charge is 2.51. The molecule has 2 fully saturated rings. The molecule has 2 bridgehead atoms. The Hall–Kier alpha value is -2.15. The molecule has 4 atom stereocenters. The maximum atomic E-state index is 13.6. The Balaban J connectivity index is 1.53. The van der Waals surface area contributed by atoms with Gasteiger partial charge in [0.15, 0.2) is 0 Å². The maximum absolute atomic E-state index is 13.6. The van der Waals surface area contributed by atoms with Gasteiger partial charge in [-0.15, -0.1) is 0 Å². The first-order valence-corrected chi connectivity index (χ1v) is 11.4. The molecule has 1 aromatic carbocycles. The van der Waals surface area contributed by atoms with E-state index in [1.807, 2.05) is 37.1 Å². The second-order valence-corrected chi connectivity index (χ2v) is 9.65. The van der Waals surface area contributed by atoms with Crippen LogP contribution in [-0.4, -0.2) is 47.8 Å². The van der Waals surface area contributed by atoms with Crippen molar-refractivity contribution >= 4 is 39.2 Å². The van der Waals surface area contributed by atoms with Gasteiger partial charge in [0.25, 0.3) is 0 Å². The number of methoxy groups -OCH3 is 1. The molecule has 2 amide bonds. The number of piperidine rings is 1. The second-order valence-electron chi connectivity index (χ2n) is 8.73. The van der Waals surface area contributed by atoms with Crippen molar-refractivity contribution in [2.45, 2.75) is 57.7 Å². The van der Waals surface area contributed by atoms with Crippen molar-refractivity contribution in [1.82, 2.24) is 10.2 Å². The number of alkyl carbamates (subject to hydrolysis) is 1. The summed E-state index contributed by atoms with van der Waals surface area (Å²) in [6, 6.07) is 7.90. The Morgan fingerprint density at radius 2 is 1.97 bits per heavy atom. The molecule has 0 unspecified atom stereocenters. The van der Waals surface area contributed by atoms with Crippen LogP contribution in [0.15, 0.2) is 39.9 Å². The van der Waals surface area contributed by atoms with Gasteiger partial charge in [-0.3, -0.25) is 9.79 Å². The van der Waals surface area contributed by atoms with Crippen molar-refractivity contribution in [2.75, 3.05) is 7.11 Å². The predicted molar refractivity (Wildman–Crippen MR) is 120 cm³/mol. The van der Waals surface area contributed by atoms with Crippen LogP contribution < -0.4 is 5.32 Å². The average Bonchev–Trinajstić information content (AvgIpc) is 3.47. The van der Waals surface area contributed by atoms with Gasteiger partial charge < -0.3 is 15.0 Å². The van der Waals surface area contributed by atoms with E-state index in [0.717, 1.165) is 41.4 Å². The van der Waals surface area contributed by atoms with E-state index in [4.69, 9.17) is 9.73 Å². The van der Waals surface area contributed by atoms with E-state index in [0.29, 0.717) is 5.92 Å². The first-order valence-electron chi connectivity index (χ1n) is 10.6. The van der Waals surface area contributed by atoms with Crippen LogP contribution in [0.3, 0.4) is 0 Å². The minimum atomic E-state index is -0.597. The van der Waals surface area contributed by atoms with Gasteiger partial charge in [0.2, 0.25) is 5.91 Å². The topological polar surface area (TPSA) is 71.0 Å². The number of allylic oxidation sites excluding steroid dienone is 1. The number of aliphatic imine (C=N–C) groups is 1. The number of carbonyl (C=O) groups is 2. The Morgan fingerprint density at radius 1 is 1.23 bits per heavy atom. The average molecular weight is 474 g/mol. The van der Waals surface area contributed by atoms with E-state index in [1.54, 1.807) is 0 Å². The summed E-state index contributed by atoms with van der Waals surface area (Å²) in [5.74, 6) is 0.395. The molecule has 2 heterocycles. The predicted octanol–water partition coefficient (Wildman–Crippen LogP) is 4.39. The zero-order valence-electron chi connectivity index (χ0n) is 17.6. The third-order valence-electron chi connectivity index (χ3n) is 6.55. The summed E-state index contributed by atoms with van der Waals surface area (Å²) >= 11 is 3.48. The van der Waals surface area contributed by atoms with Gasteiger partial charge in [-0.25, -0.2) is 4.79 Å². The van der Waals surface area contributed by atoms with Crippen molar-refractivity contribution in [3.63, 3.8) is 0 Å². The second kappa shape index (κ2) is 8.53. The highest BCUT2D eigenvalue weighted by atomic mass is 79.9. The molecule has 4 rings (SSSR count). The number of hydrogen-bond donors (Lipinski definition) is 1. The van der Waals surface area contributed by atoms with Crippen molar-refractivity contribution in [3.8, 4) is 0 Å². The van der Waals surface area contributed by atoms with E-state index in [1.165, 1.54) is 12.7 Å². The molecule has 1 N–H and O–H groups in total. The smallest absolute Gasteiger partial charge is 0.407 e. The molecule has 6 nitrogen and oxygen atoms in total. The van der Waals surface area contributed by atoms with E-state index in [9.17, 15) is 9.59 Å². The van der Waals surface area contributed by atoms with Gasteiger partial charge in [0.05, 0.1) is 13.2 Å². The lowest BCUT2D eigenvalue weighted by Crippen LogP contribution is -2.57. The van der Waals surface area contributed by atoms with Crippen LogP contribution in [0.25, 0.3) is 5.57 Å². The van der Waals surface area contributed by atoms with Gasteiger partial charge in [-0.1, -0.05) is 41.9 Å². The summed E-state index contributed by atoms with van der Waals surface area (Å²) < 4.78 is 5.80. The molecule has 3 aliphatic rings. The Bertz CT molecular complexity index is 893. The summed E-state index contributed by atoms with van der Waals surface area (Å²) in [7, 11) is 1.32. The number of fused-ring (bicyclic) bond motifs is 2. The molecule has 1 saturated carbocycles. The summed E-state index contributed by atoms with van der Waals surface area (Å²) in [4.78, 5) is 32.2. The molecule has 0 aromatic heterocycles. The normalized spacial score (nSPS) is 25.9. The summed E-state index contributed by atoms with van der Waals surface area (Å²) in [6.07, 6.45) is 5.31. The summed E-state index contributed by atoms with van der Waals surface area (Å²) in [5, 5.41) is 2.74. The fourth-order valence-corrected chi connectivity index (χ4v) is 5.33. The Morgan fingerprint density at radius 3 is 2.63 bits per heavy atom. The van der Waals surface area contributed by atoms with Crippen molar-refractivity contribution in [2.24, 2.45) is 16.8 Å². The fraction of sp³-hybridized carbons (Fsp3) is 0.522. The third-order valence-corrected chi connectivity index (χ3v) is 7.07. The van der Waals surface area contributed by atoms with Crippen LogP contribution in [0.5, 0.6) is 0 Å². The number of nitrogens with zero attached hydrogens (tertiary/aromatic N) is 2. The van der Waals surface area contributed by atoms with Gasteiger partial charge in [-0.2, -0.15) is 0 Å².